The third-order valence-electron chi connectivity index (χ3n) is 3.32. The minimum absolute atomic E-state index is 0. The van der Waals surface area contributed by atoms with Crippen LogP contribution in [0.2, 0.25) is 0 Å². The van der Waals surface area contributed by atoms with Gasteiger partial charge in [-0.1, -0.05) is 12.8 Å². The third kappa shape index (κ3) is 2.39. The average molecular weight is 286 g/mol. The molecule has 1 heterocycles. The van der Waals surface area contributed by atoms with Crippen molar-refractivity contribution in [3.63, 3.8) is 0 Å². The molecule has 6 heteroatoms. The summed E-state index contributed by atoms with van der Waals surface area (Å²) in [6.45, 7) is 0.792. The molecule has 84 valence electrons. The molecule has 1 aliphatic carbocycles. The Balaban J connectivity index is 0.000000980. The van der Waals surface area contributed by atoms with Crippen LogP contribution in [0.5, 0.6) is 0 Å². The van der Waals surface area contributed by atoms with Gasteiger partial charge >= 0.3 is 7.60 Å². The molecular formula is C8H17BrNO3P. The van der Waals surface area contributed by atoms with Gasteiger partial charge in [0.2, 0.25) is 0 Å². The second-order valence-corrected chi connectivity index (χ2v) is 5.89. The van der Waals surface area contributed by atoms with Crippen molar-refractivity contribution >= 4 is 24.6 Å². The Kier molecular flexibility index (Phi) is 4.18. The lowest BCUT2D eigenvalue weighted by atomic mass is 9.82. The van der Waals surface area contributed by atoms with Gasteiger partial charge in [-0.2, -0.15) is 0 Å². The summed E-state index contributed by atoms with van der Waals surface area (Å²) in [5.41, 5.74) is 0. The lowest BCUT2D eigenvalue weighted by Gasteiger charge is -2.28. The van der Waals surface area contributed by atoms with E-state index < -0.39 is 13.4 Å². The van der Waals surface area contributed by atoms with Crippen molar-refractivity contribution in [2.24, 2.45) is 11.8 Å². The Hall–Kier alpha value is 0.590. The second-order valence-electron chi connectivity index (χ2n) is 4.15. The zero-order valence-corrected chi connectivity index (χ0v) is 10.5. The fraction of sp³-hybridized carbons (Fsp3) is 1.00. The normalized spacial score (nSPS) is 37.4. The molecule has 2 aliphatic rings. The van der Waals surface area contributed by atoms with Crippen molar-refractivity contribution in [3.05, 3.63) is 0 Å². The average Bonchev–Trinajstić information content (AvgIpc) is 2.45. The van der Waals surface area contributed by atoms with E-state index in [1.807, 2.05) is 0 Å². The summed E-state index contributed by atoms with van der Waals surface area (Å²) in [7, 11) is -3.91. The van der Waals surface area contributed by atoms with Gasteiger partial charge in [0.15, 0.2) is 0 Å². The SMILES string of the molecule is Br.O=P(O)(O)[C@H]1NC[C@@H]2CCCC[C@@H]21. The molecule has 0 radical (unpaired) electrons. The maximum absolute atomic E-state index is 11.1. The Morgan fingerprint density at radius 3 is 2.50 bits per heavy atom. The van der Waals surface area contributed by atoms with Gasteiger partial charge in [0.25, 0.3) is 0 Å². The fourth-order valence-corrected chi connectivity index (χ4v) is 3.93. The van der Waals surface area contributed by atoms with E-state index in [1.54, 1.807) is 0 Å². The van der Waals surface area contributed by atoms with Crippen LogP contribution >= 0.6 is 24.6 Å². The number of fused-ring (bicyclic) bond motifs is 1. The second kappa shape index (κ2) is 4.62. The molecule has 2 fully saturated rings. The van der Waals surface area contributed by atoms with Gasteiger partial charge in [-0.05, 0) is 31.2 Å². The first-order valence-electron chi connectivity index (χ1n) is 4.87. The van der Waals surface area contributed by atoms with Gasteiger partial charge in [-0.25, -0.2) is 0 Å². The van der Waals surface area contributed by atoms with E-state index in [2.05, 4.69) is 5.32 Å². The first-order chi connectivity index (χ1) is 6.09. The van der Waals surface area contributed by atoms with Gasteiger partial charge in [0.1, 0.15) is 5.78 Å². The fourth-order valence-electron chi connectivity index (χ4n) is 2.70. The van der Waals surface area contributed by atoms with Gasteiger partial charge in [-0.15, -0.1) is 17.0 Å². The molecule has 14 heavy (non-hydrogen) atoms. The Bertz CT molecular complexity index is 245. The molecular weight excluding hydrogens is 269 g/mol. The Morgan fingerprint density at radius 1 is 1.21 bits per heavy atom. The van der Waals surface area contributed by atoms with Crippen LogP contribution in [0.4, 0.5) is 0 Å². The predicted molar refractivity (Wildman–Crippen MR) is 59.6 cm³/mol. The van der Waals surface area contributed by atoms with E-state index in [0.717, 1.165) is 25.8 Å². The number of rotatable bonds is 1. The van der Waals surface area contributed by atoms with E-state index in [9.17, 15) is 4.57 Å². The molecule has 1 aliphatic heterocycles. The molecule has 0 spiro atoms. The smallest absolute Gasteiger partial charge is 0.323 e. The summed E-state index contributed by atoms with van der Waals surface area (Å²) in [6.07, 6.45) is 4.46. The summed E-state index contributed by atoms with van der Waals surface area (Å²) in [4.78, 5) is 18.2. The lowest BCUT2D eigenvalue weighted by molar-refractivity contribution is 0.265. The summed E-state index contributed by atoms with van der Waals surface area (Å²) in [6, 6.07) is 0. The summed E-state index contributed by atoms with van der Waals surface area (Å²) >= 11 is 0. The minimum atomic E-state index is -3.91. The highest BCUT2D eigenvalue weighted by Crippen LogP contribution is 2.51. The van der Waals surface area contributed by atoms with Crippen LogP contribution in [-0.4, -0.2) is 22.1 Å². The summed E-state index contributed by atoms with van der Waals surface area (Å²) < 4.78 is 11.1. The largest absolute Gasteiger partial charge is 0.342 e. The van der Waals surface area contributed by atoms with E-state index in [1.165, 1.54) is 6.42 Å². The highest BCUT2D eigenvalue weighted by molar-refractivity contribution is 8.93. The molecule has 0 aromatic rings. The third-order valence-corrected chi connectivity index (χ3v) is 4.62. The Labute approximate surface area is 94.4 Å². The van der Waals surface area contributed by atoms with Crippen LogP contribution in [0.15, 0.2) is 0 Å². The van der Waals surface area contributed by atoms with E-state index in [0.29, 0.717) is 5.92 Å². The highest BCUT2D eigenvalue weighted by atomic mass is 79.9. The van der Waals surface area contributed by atoms with Crippen molar-refractivity contribution in [2.75, 3.05) is 6.54 Å². The van der Waals surface area contributed by atoms with Crippen molar-refractivity contribution in [3.8, 4) is 0 Å². The zero-order valence-electron chi connectivity index (χ0n) is 7.93. The molecule has 3 N–H and O–H groups in total. The number of nitrogens with one attached hydrogen (secondary N) is 1. The van der Waals surface area contributed by atoms with E-state index in [4.69, 9.17) is 9.79 Å². The summed E-state index contributed by atoms with van der Waals surface area (Å²) in [5, 5.41) is 2.98. The predicted octanol–water partition coefficient (Wildman–Crippen LogP) is 1.48. The number of hydrogen-bond donors (Lipinski definition) is 3. The highest BCUT2D eigenvalue weighted by Gasteiger charge is 2.45. The quantitative estimate of drug-likeness (QED) is 0.639. The molecule has 0 amide bonds. The molecule has 1 saturated heterocycles. The summed E-state index contributed by atoms with van der Waals surface area (Å²) in [5.74, 6) is 0.166. The van der Waals surface area contributed by atoms with Crippen LogP contribution in [-0.2, 0) is 4.57 Å². The number of hydrogen-bond acceptors (Lipinski definition) is 2. The van der Waals surface area contributed by atoms with Gasteiger partial charge in [0.05, 0.1) is 0 Å². The van der Waals surface area contributed by atoms with Crippen LogP contribution in [0.25, 0.3) is 0 Å². The molecule has 4 nitrogen and oxygen atoms in total. The maximum Gasteiger partial charge on any atom is 0.342 e. The van der Waals surface area contributed by atoms with Gasteiger partial charge in [-0.3, -0.25) is 4.57 Å². The van der Waals surface area contributed by atoms with Crippen molar-refractivity contribution in [1.82, 2.24) is 5.32 Å². The first kappa shape index (κ1) is 12.7. The van der Waals surface area contributed by atoms with Crippen LogP contribution in [0.3, 0.4) is 0 Å². The molecule has 0 aromatic carbocycles. The van der Waals surface area contributed by atoms with Crippen molar-refractivity contribution in [2.45, 2.75) is 31.5 Å². The molecule has 1 saturated carbocycles. The van der Waals surface area contributed by atoms with Gasteiger partial charge in [0, 0.05) is 0 Å². The molecule has 0 unspecified atom stereocenters. The molecule has 3 atom stereocenters. The Morgan fingerprint density at radius 2 is 1.86 bits per heavy atom. The van der Waals surface area contributed by atoms with Crippen molar-refractivity contribution < 1.29 is 14.4 Å². The van der Waals surface area contributed by atoms with E-state index in [-0.39, 0.29) is 22.9 Å². The molecule has 2 rings (SSSR count). The van der Waals surface area contributed by atoms with Crippen LogP contribution in [0, 0.1) is 11.8 Å². The molecule has 0 bridgehead atoms. The lowest BCUT2D eigenvalue weighted by Crippen LogP contribution is -2.28. The van der Waals surface area contributed by atoms with Gasteiger partial charge < -0.3 is 15.1 Å². The topological polar surface area (TPSA) is 69.6 Å². The standard InChI is InChI=1S/C8H16NO3P.BrH/c10-13(11,12)8-7-4-2-1-3-6(7)5-9-8;/h6-9H,1-5H2,(H2,10,11,12);1H/t6-,7-,8+;/m0./s1. The number of halogens is 1. The molecule has 0 aromatic heterocycles. The minimum Gasteiger partial charge on any atom is -0.323 e. The van der Waals surface area contributed by atoms with Crippen molar-refractivity contribution in [1.29, 1.82) is 0 Å². The monoisotopic (exact) mass is 285 g/mol. The van der Waals surface area contributed by atoms with E-state index >= 15 is 0 Å². The first-order valence-corrected chi connectivity index (χ1v) is 6.56. The zero-order chi connectivity index (χ0) is 9.47. The van der Waals surface area contributed by atoms with Crippen LogP contribution in [0.1, 0.15) is 25.7 Å². The maximum atomic E-state index is 11.1. The van der Waals surface area contributed by atoms with Crippen LogP contribution < -0.4 is 5.32 Å².